The van der Waals surface area contributed by atoms with Gasteiger partial charge in [-0.25, -0.2) is 0 Å². The van der Waals surface area contributed by atoms with Crippen LogP contribution in [0.5, 0.6) is 11.5 Å². The summed E-state index contributed by atoms with van der Waals surface area (Å²) in [4.78, 5) is 44.3. The molecule has 0 spiro atoms. The largest absolute Gasteiger partial charge is 0.497 e. The number of hydrogen-bond acceptors (Lipinski definition) is 6. The minimum Gasteiger partial charge on any atom is -0.497 e. The molecule has 5 rings (SSSR count). The molecule has 3 aliphatic heterocycles. The Morgan fingerprint density at radius 2 is 1.94 bits per heavy atom. The molecule has 0 bridgehead atoms. The zero-order valence-corrected chi connectivity index (χ0v) is 21.4. The van der Waals surface area contributed by atoms with Crippen LogP contribution in [0.4, 0.5) is 0 Å². The summed E-state index contributed by atoms with van der Waals surface area (Å²) in [7, 11) is 1.59. The number of amides is 2. The molecule has 2 aromatic rings. The van der Waals surface area contributed by atoms with Gasteiger partial charge in [-0.2, -0.15) is 0 Å². The Bertz CT molecular complexity index is 1180. The Kier molecular flexibility index (Phi) is 5.99. The minimum absolute atomic E-state index is 0.0661. The summed E-state index contributed by atoms with van der Waals surface area (Å²) in [6.07, 6.45) is 0. The van der Waals surface area contributed by atoms with Crippen molar-refractivity contribution in [2.75, 3.05) is 26.9 Å². The lowest BCUT2D eigenvalue weighted by molar-refractivity contribution is -0.170. The number of ether oxygens (including phenoxy) is 3. The van der Waals surface area contributed by atoms with Gasteiger partial charge in [0, 0.05) is 22.5 Å². The van der Waals surface area contributed by atoms with Crippen LogP contribution in [0, 0.1) is 11.8 Å². The maximum atomic E-state index is 14.1. The van der Waals surface area contributed by atoms with Gasteiger partial charge in [-0.1, -0.05) is 28.1 Å². The van der Waals surface area contributed by atoms with Crippen LogP contribution in [0.1, 0.15) is 31.0 Å². The molecule has 8 nitrogen and oxygen atoms in total. The molecule has 35 heavy (non-hydrogen) atoms. The van der Waals surface area contributed by atoms with Crippen LogP contribution in [0.15, 0.2) is 46.9 Å². The second kappa shape index (κ2) is 8.86. The molecule has 9 heteroatoms. The van der Waals surface area contributed by atoms with E-state index < -0.39 is 29.4 Å². The Morgan fingerprint density at radius 3 is 2.63 bits per heavy atom. The van der Waals surface area contributed by atoms with Crippen molar-refractivity contribution in [1.29, 1.82) is 0 Å². The molecule has 0 saturated carbocycles. The molecule has 2 aromatic carbocycles. The van der Waals surface area contributed by atoms with Crippen LogP contribution in [-0.4, -0.2) is 60.0 Å². The van der Waals surface area contributed by atoms with Crippen LogP contribution < -0.4 is 9.47 Å². The average Bonchev–Trinajstić information content (AvgIpc) is 3.13. The number of carbonyl (C=O) groups is 3. The number of piperazine rings is 1. The number of halogens is 1. The lowest BCUT2D eigenvalue weighted by atomic mass is 9.77. The SMILES string of the molecule is CCOC(=O)[C@H]1[C@H]2COc3ccc(Br)cc3[C@@H]2N2C(=O)CN(Cc3ccc(OC)cc3)C(=O)[C@@]12C. The molecule has 0 N–H and O–H groups in total. The number of fused-ring (bicyclic) bond motifs is 5. The highest BCUT2D eigenvalue weighted by Crippen LogP contribution is 2.57. The molecular weight excluding hydrogens is 516 g/mol. The van der Waals surface area contributed by atoms with Gasteiger partial charge in [0.1, 0.15) is 23.6 Å². The lowest BCUT2D eigenvalue weighted by Gasteiger charge is -2.47. The monoisotopic (exact) mass is 542 g/mol. The molecule has 2 fully saturated rings. The van der Waals surface area contributed by atoms with E-state index in [2.05, 4.69) is 15.9 Å². The Hall–Kier alpha value is -3.07. The molecular formula is C26H27BrN2O6. The first kappa shape index (κ1) is 23.7. The number of nitrogens with zero attached hydrogens (tertiary/aromatic N) is 2. The summed E-state index contributed by atoms with van der Waals surface area (Å²) in [6.45, 7) is 4.02. The minimum atomic E-state index is -1.39. The van der Waals surface area contributed by atoms with Gasteiger partial charge in [-0.15, -0.1) is 0 Å². The first-order chi connectivity index (χ1) is 16.8. The first-order valence-corrected chi connectivity index (χ1v) is 12.4. The fourth-order valence-corrected chi connectivity index (χ4v) is 6.23. The number of benzene rings is 2. The quantitative estimate of drug-likeness (QED) is 0.538. The number of methoxy groups -OCH3 is 1. The summed E-state index contributed by atoms with van der Waals surface area (Å²) in [6, 6.07) is 12.5. The fourth-order valence-electron chi connectivity index (χ4n) is 5.85. The van der Waals surface area contributed by atoms with E-state index in [0.29, 0.717) is 11.5 Å². The van der Waals surface area contributed by atoms with Crippen molar-refractivity contribution in [3.63, 3.8) is 0 Å². The molecule has 2 amide bonds. The molecule has 0 aliphatic carbocycles. The molecule has 0 aromatic heterocycles. The van der Waals surface area contributed by atoms with Crippen LogP contribution >= 0.6 is 15.9 Å². The van der Waals surface area contributed by atoms with Gasteiger partial charge in [-0.05, 0) is 49.7 Å². The van der Waals surface area contributed by atoms with Gasteiger partial charge in [0.25, 0.3) is 0 Å². The summed E-state index contributed by atoms with van der Waals surface area (Å²) < 4.78 is 17.5. The highest BCUT2D eigenvalue weighted by atomic mass is 79.9. The predicted molar refractivity (Wildman–Crippen MR) is 130 cm³/mol. The van der Waals surface area contributed by atoms with Crippen LogP contribution in [0.3, 0.4) is 0 Å². The fraction of sp³-hybridized carbons (Fsp3) is 0.423. The topological polar surface area (TPSA) is 85.4 Å². The first-order valence-electron chi connectivity index (χ1n) is 11.6. The van der Waals surface area contributed by atoms with Crippen LogP contribution in [0.25, 0.3) is 0 Å². The molecule has 4 atom stereocenters. The third kappa shape index (κ3) is 3.67. The smallest absolute Gasteiger partial charge is 0.312 e. The molecule has 2 saturated heterocycles. The van der Waals surface area contributed by atoms with Crippen LogP contribution in [-0.2, 0) is 25.7 Å². The second-order valence-corrected chi connectivity index (χ2v) is 10.2. The highest BCUT2D eigenvalue weighted by Gasteiger charge is 2.69. The lowest BCUT2D eigenvalue weighted by Crippen LogP contribution is -2.67. The zero-order valence-electron chi connectivity index (χ0n) is 19.8. The maximum absolute atomic E-state index is 14.1. The van der Waals surface area contributed by atoms with Crippen molar-refractivity contribution in [2.45, 2.75) is 32.0 Å². The van der Waals surface area contributed by atoms with Crippen LogP contribution in [0.2, 0.25) is 0 Å². The van der Waals surface area contributed by atoms with E-state index in [9.17, 15) is 14.4 Å². The highest BCUT2D eigenvalue weighted by molar-refractivity contribution is 9.10. The van der Waals surface area contributed by atoms with Gasteiger partial charge >= 0.3 is 5.97 Å². The van der Waals surface area contributed by atoms with E-state index in [4.69, 9.17) is 14.2 Å². The van der Waals surface area contributed by atoms with E-state index in [1.54, 1.807) is 25.9 Å². The van der Waals surface area contributed by atoms with Crippen molar-refractivity contribution in [3.05, 3.63) is 58.1 Å². The van der Waals surface area contributed by atoms with Crippen molar-refractivity contribution in [3.8, 4) is 11.5 Å². The van der Waals surface area contributed by atoms with E-state index in [1.165, 1.54) is 4.90 Å². The van der Waals surface area contributed by atoms with Gasteiger partial charge in [0.2, 0.25) is 11.8 Å². The van der Waals surface area contributed by atoms with Gasteiger partial charge in [0.05, 0.1) is 32.3 Å². The molecule has 3 heterocycles. The van der Waals surface area contributed by atoms with Crippen molar-refractivity contribution in [1.82, 2.24) is 9.80 Å². The third-order valence-corrected chi connectivity index (χ3v) is 7.82. The van der Waals surface area contributed by atoms with Gasteiger partial charge in [0.15, 0.2) is 0 Å². The molecule has 3 aliphatic rings. The standard InChI is InChI=1S/C26H27BrN2O6/c1-4-34-24(31)22-19-14-35-20-10-7-16(27)11-18(20)23(19)29-21(30)13-28(25(32)26(22,29)2)12-15-5-8-17(33-3)9-6-15/h5-11,19,22-23H,4,12-14H2,1-3H3/t19-,22-,23+,26-/m1/s1. The summed E-state index contributed by atoms with van der Waals surface area (Å²) in [5, 5.41) is 0. The van der Waals surface area contributed by atoms with Gasteiger partial charge in [-0.3, -0.25) is 14.4 Å². The third-order valence-electron chi connectivity index (χ3n) is 7.33. The van der Waals surface area contributed by atoms with E-state index in [1.807, 2.05) is 42.5 Å². The molecule has 0 radical (unpaired) electrons. The van der Waals surface area contributed by atoms with E-state index >= 15 is 0 Å². The summed E-state index contributed by atoms with van der Waals surface area (Å²) in [5.41, 5.74) is 0.263. The van der Waals surface area contributed by atoms with Gasteiger partial charge < -0.3 is 24.0 Å². The zero-order chi connectivity index (χ0) is 24.9. The summed E-state index contributed by atoms with van der Waals surface area (Å²) >= 11 is 3.51. The number of carbonyl (C=O) groups excluding carboxylic acids is 3. The normalized spacial score (nSPS) is 27.0. The van der Waals surface area contributed by atoms with Crippen molar-refractivity contribution >= 4 is 33.7 Å². The van der Waals surface area contributed by atoms with Crippen molar-refractivity contribution in [2.24, 2.45) is 11.8 Å². The average molecular weight is 543 g/mol. The Balaban J connectivity index is 1.57. The summed E-state index contributed by atoms with van der Waals surface area (Å²) in [5.74, 6) is -0.847. The van der Waals surface area contributed by atoms with E-state index in [0.717, 1.165) is 15.6 Å². The molecule has 184 valence electrons. The predicted octanol–water partition coefficient (Wildman–Crippen LogP) is 3.33. The Morgan fingerprint density at radius 1 is 1.20 bits per heavy atom. The molecule has 0 unspecified atom stereocenters. The number of rotatable bonds is 5. The maximum Gasteiger partial charge on any atom is 0.312 e. The van der Waals surface area contributed by atoms with E-state index in [-0.39, 0.29) is 38.1 Å². The van der Waals surface area contributed by atoms with Crippen molar-refractivity contribution < 1.29 is 28.6 Å². The Labute approximate surface area is 212 Å². The number of hydrogen-bond donors (Lipinski definition) is 0. The number of esters is 1. The second-order valence-electron chi connectivity index (χ2n) is 9.25.